The van der Waals surface area contributed by atoms with Crippen LogP contribution in [0.25, 0.3) is 12.2 Å². The first-order valence-corrected chi connectivity index (χ1v) is 9.74. The van der Waals surface area contributed by atoms with Crippen molar-refractivity contribution in [2.45, 2.75) is 6.61 Å². The van der Waals surface area contributed by atoms with Crippen LogP contribution < -0.4 is 18.9 Å². The van der Waals surface area contributed by atoms with Crippen LogP contribution in [0.1, 0.15) is 16.7 Å². The van der Waals surface area contributed by atoms with Gasteiger partial charge in [0.2, 0.25) is 0 Å². The highest BCUT2D eigenvalue weighted by Crippen LogP contribution is 2.26. The topological polar surface area (TPSA) is 74.2 Å². The van der Waals surface area contributed by atoms with Crippen LogP contribution in [0, 0.1) is 5.82 Å². The molecule has 0 saturated carbocycles. The maximum atomic E-state index is 14.1. The molecule has 0 aliphatic heterocycles. The smallest absolute Gasteiger partial charge is 0.341 e. The quantitative estimate of drug-likeness (QED) is 0.446. The van der Waals surface area contributed by atoms with Gasteiger partial charge < -0.3 is 24.1 Å². The van der Waals surface area contributed by atoms with Gasteiger partial charge in [-0.15, -0.1) is 0 Å². The highest BCUT2D eigenvalue weighted by atomic mass is 19.1. The molecule has 0 aliphatic carbocycles. The summed E-state index contributed by atoms with van der Waals surface area (Å²) in [6.45, 7) is -0.492. The summed E-state index contributed by atoms with van der Waals surface area (Å²) in [6, 6.07) is 17.4. The number of hydrogen-bond acceptors (Lipinski definition) is 5. The van der Waals surface area contributed by atoms with E-state index in [2.05, 4.69) is 0 Å². The lowest BCUT2D eigenvalue weighted by Crippen LogP contribution is -2.10. The van der Waals surface area contributed by atoms with Crippen LogP contribution in [0.15, 0.2) is 60.7 Å². The van der Waals surface area contributed by atoms with Gasteiger partial charge in [-0.1, -0.05) is 30.4 Å². The number of aliphatic carboxylic acids is 1. The molecule has 32 heavy (non-hydrogen) atoms. The van der Waals surface area contributed by atoms with Crippen molar-refractivity contribution in [3.63, 3.8) is 0 Å². The van der Waals surface area contributed by atoms with E-state index in [0.29, 0.717) is 17.1 Å². The molecule has 3 aromatic carbocycles. The molecule has 1 N–H and O–H groups in total. The van der Waals surface area contributed by atoms with Crippen LogP contribution in [-0.4, -0.2) is 31.9 Å². The molecule has 0 radical (unpaired) electrons. The van der Waals surface area contributed by atoms with Crippen molar-refractivity contribution in [2.75, 3.05) is 20.8 Å². The highest BCUT2D eigenvalue weighted by molar-refractivity contribution is 5.71. The van der Waals surface area contributed by atoms with E-state index in [1.54, 1.807) is 26.4 Å². The molecule has 0 amide bonds. The molecule has 0 heterocycles. The standard InChI is InChI=1S/C25H23FO6/c1-29-20-8-5-17(6-9-20)3-4-18-11-21(30-2)14-22(12-18)31-15-19-7-10-24(23(26)13-19)32-16-25(27)28/h3-14H,15-16H2,1-2H3,(H,27,28). The Bertz CT molecular complexity index is 1090. The molecule has 0 aromatic heterocycles. The molecule has 0 bridgehead atoms. The minimum absolute atomic E-state index is 0.116. The number of hydrogen-bond donors (Lipinski definition) is 1. The van der Waals surface area contributed by atoms with Crippen molar-refractivity contribution in [3.8, 4) is 23.0 Å². The Balaban J connectivity index is 1.69. The van der Waals surface area contributed by atoms with Gasteiger partial charge >= 0.3 is 5.97 Å². The zero-order valence-electron chi connectivity index (χ0n) is 17.7. The normalized spacial score (nSPS) is 10.7. The van der Waals surface area contributed by atoms with Crippen LogP contribution in [-0.2, 0) is 11.4 Å². The van der Waals surface area contributed by atoms with E-state index in [-0.39, 0.29) is 12.4 Å². The molecule has 166 valence electrons. The van der Waals surface area contributed by atoms with Gasteiger partial charge in [0.1, 0.15) is 23.9 Å². The van der Waals surface area contributed by atoms with Crippen LogP contribution >= 0.6 is 0 Å². The van der Waals surface area contributed by atoms with Crippen molar-refractivity contribution in [2.24, 2.45) is 0 Å². The molecule has 3 aromatic rings. The second kappa shape index (κ2) is 10.9. The van der Waals surface area contributed by atoms with Gasteiger partial charge in [-0.05, 0) is 53.1 Å². The monoisotopic (exact) mass is 438 g/mol. The molecule has 7 heteroatoms. The summed E-state index contributed by atoms with van der Waals surface area (Å²) in [4.78, 5) is 10.6. The minimum atomic E-state index is -1.17. The second-order valence-corrected chi connectivity index (χ2v) is 6.78. The maximum absolute atomic E-state index is 14.1. The fourth-order valence-corrected chi connectivity index (χ4v) is 2.86. The van der Waals surface area contributed by atoms with Crippen molar-refractivity contribution in [1.82, 2.24) is 0 Å². The molecule has 0 aliphatic rings. The molecular formula is C25H23FO6. The Morgan fingerprint density at radius 3 is 2.19 bits per heavy atom. The third kappa shape index (κ3) is 6.50. The molecule has 0 atom stereocenters. The molecular weight excluding hydrogens is 415 g/mol. The average Bonchev–Trinajstić information content (AvgIpc) is 2.81. The summed E-state index contributed by atoms with van der Waals surface area (Å²) in [5.74, 6) is 0.0271. The maximum Gasteiger partial charge on any atom is 0.341 e. The highest BCUT2D eigenvalue weighted by Gasteiger charge is 2.08. The summed E-state index contributed by atoms with van der Waals surface area (Å²) in [7, 11) is 3.19. The zero-order chi connectivity index (χ0) is 22.9. The Hall–Kier alpha value is -4.00. The van der Waals surface area contributed by atoms with Crippen molar-refractivity contribution in [1.29, 1.82) is 0 Å². The molecule has 0 saturated heterocycles. The fourth-order valence-electron chi connectivity index (χ4n) is 2.86. The van der Waals surface area contributed by atoms with Crippen LogP contribution in [0.4, 0.5) is 4.39 Å². The van der Waals surface area contributed by atoms with Gasteiger partial charge in [-0.2, -0.15) is 0 Å². The molecule has 0 spiro atoms. The Morgan fingerprint density at radius 2 is 1.53 bits per heavy atom. The molecule has 0 unspecified atom stereocenters. The minimum Gasteiger partial charge on any atom is -0.497 e. The summed E-state index contributed by atoms with van der Waals surface area (Å²) in [6.07, 6.45) is 3.90. The Morgan fingerprint density at radius 1 is 0.844 bits per heavy atom. The number of halogens is 1. The van der Waals surface area contributed by atoms with Crippen LogP contribution in [0.5, 0.6) is 23.0 Å². The number of carbonyl (C=O) groups is 1. The lowest BCUT2D eigenvalue weighted by Gasteiger charge is -2.11. The first kappa shape index (κ1) is 22.7. The number of benzene rings is 3. The predicted octanol–water partition coefficient (Wildman–Crippen LogP) is 5.06. The molecule has 6 nitrogen and oxygen atoms in total. The summed E-state index contributed by atoms with van der Waals surface area (Å²) in [5.41, 5.74) is 2.46. The van der Waals surface area contributed by atoms with Crippen molar-refractivity contribution < 1.29 is 33.2 Å². The van der Waals surface area contributed by atoms with E-state index < -0.39 is 18.4 Å². The van der Waals surface area contributed by atoms with Gasteiger partial charge in [0.25, 0.3) is 0 Å². The number of methoxy groups -OCH3 is 2. The van der Waals surface area contributed by atoms with E-state index >= 15 is 0 Å². The lowest BCUT2D eigenvalue weighted by molar-refractivity contribution is -0.139. The van der Waals surface area contributed by atoms with E-state index in [9.17, 15) is 9.18 Å². The summed E-state index contributed by atoms with van der Waals surface area (Å²) >= 11 is 0. The number of carboxylic acids is 1. The number of carboxylic acid groups (broad SMARTS) is 1. The SMILES string of the molecule is COc1ccc(C=Cc2cc(OC)cc(OCc3ccc(OCC(=O)O)c(F)c3)c2)cc1. The van der Waals surface area contributed by atoms with Crippen molar-refractivity contribution in [3.05, 3.63) is 83.2 Å². The van der Waals surface area contributed by atoms with Crippen LogP contribution in [0.3, 0.4) is 0 Å². The van der Waals surface area contributed by atoms with Gasteiger partial charge in [-0.25, -0.2) is 9.18 Å². The molecule has 0 fully saturated rings. The number of rotatable bonds is 10. The average molecular weight is 438 g/mol. The third-order valence-corrected chi connectivity index (χ3v) is 4.48. The van der Waals surface area contributed by atoms with Crippen LogP contribution in [0.2, 0.25) is 0 Å². The zero-order valence-corrected chi connectivity index (χ0v) is 17.7. The van der Waals surface area contributed by atoms with Gasteiger partial charge in [0.15, 0.2) is 18.2 Å². The summed E-state index contributed by atoms with van der Waals surface area (Å²) < 4.78 is 35.3. The largest absolute Gasteiger partial charge is 0.497 e. The Labute approximate surface area is 185 Å². The van der Waals surface area contributed by atoms with E-state index in [0.717, 1.165) is 16.9 Å². The van der Waals surface area contributed by atoms with E-state index in [4.69, 9.17) is 24.1 Å². The first-order valence-electron chi connectivity index (χ1n) is 9.74. The third-order valence-electron chi connectivity index (χ3n) is 4.48. The van der Waals surface area contributed by atoms with Gasteiger partial charge in [-0.3, -0.25) is 0 Å². The summed E-state index contributed by atoms with van der Waals surface area (Å²) in [5, 5.41) is 8.63. The van der Waals surface area contributed by atoms with Gasteiger partial charge in [0.05, 0.1) is 14.2 Å². The second-order valence-electron chi connectivity index (χ2n) is 6.78. The first-order chi connectivity index (χ1) is 15.5. The lowest BCUT2D eigenvalue weighted by atomic mass is 10.1. The van der Waals surface area contributed by atoms with Gasteiger partial charge in [0, 0.05) is 6.07 Å². The van der Waals surface area contributed by atoms with E-state index in [1.165, 1.54) is 12.1 Å². The number of ether oxygens (including phenoxy) is 4. The van der Waals surface area contributed by atoms with E-state index in [1.807, 2.05) is 48.6 Å². The fraction of sp³-hybridized carbons (Fsp3) is 0.160. The Kier molecular flexibility index (Phi) is 7.70. The molecule has 3 rings (SSSR count). The predicted molar refractivity (Wildman–Crippen MR) is 119 cm³/mol. The van der Waals surface area contributed by atoms with Crippen molar-refractivity contribution >= 4 is 18.1 Å².